The number of nitrogens with zero attached hydrogens (tertiary/aromatic N) is 4. The molecular weight excluding hydrogens is 489 g/mol. The summed E-state index contributed by atoms with van der Waals surface area (Å²) in [6, 6.07) is 6.17. The minimum atomic E-state index is -4.28. The number of halogens is 3. The second kappa shape index (κ2) is 10.2. The van der Waals surface area contributed by atoms with E-state index in [9.17, 15) is 22.8 Å². The van der Waals surface area contributed by atoms with Gasteiger partial charge in [-0.05, 0) is 37.1 Å². The van der Waals surface area contributed by atoms with E-state index in [1.807, 2.05) is 13.8 Å². The second-order valence-corrected chi connectivity index (χ2v) is 10.5. The molecule has 37 heavy (non-hydrogen) atoms. The molecule has 200 valence electrons. The van der Waals surface area contributed by atoms with Crippen molar-refractivity contribution >= 4 is 17.5 Å². The van der Waals surface area contributed by atoms with Crippen molar-refractivity contribution in [3.63, 3.8) is 0 Å². The molecule has 8 nitrogen and oxygen atoms in total. The quantitative estimate of drug-likeness (QED) is 0.519. The standard InChI is InChI=1S/C26H31F3N4O4/c1-25(2)15-33(18-13-30-22(31-14-18)16-11-17(12-16)23(34)32(3)4)24(35)21(25)37-20-7-5-19(6-8-20)36-10-9-26(27,28)29/h5-8,13-14,16-17,21H,9-12,15H2,1-4H3. The zero-order chi connectivity index (χ0) is 27.0. The van der Waals surface area contributed by atoms with E-state index in [0.717, 1.165) is 0 Å². The van der Waals surface area contributed by atoms with Gasteiger partial charge in [-0.15, -0.1) is 0 Å². The maximum absolute atomic E-state index is 13.3. The largest absolute Gasteiger partial charge is 0.493 e. The summed E-state index contributed by atoms with van der Waals surface area (Å²) in [6.07, 6.45) is -1.38. The summed E-state index contributed by atoms with van der Waals surface area (Å²) in [4.78, 5) is 37.5. The number of carbonyl (C=O) groups excluding carboxylic acids is 2. The predicted molar refractivity (Wildman–Crippen MR) is 129 cm³/mol. The molecule has 0 N–H and O–H groups in total. The number of anilines is 1. The van der Waals surface area contributed by atoms with Crippen LogP contribution >= 0.6 is 0 Å². The van der Waals surface area contributed by atoms with Gasteiger partial charge < -0.3 is 19.3 Å². The van der Waals surface area contributed by atoms with Crippen molar-refractivity contribution in [1.29, 1.82) is 0 Å². The molecule has 4 rings (SSSR count). The van der Waals surface area contributed by atoms with Crippen LogP contribution in [0.3, 0.4) is 0 Å². The van der Waals surface area contributed by atoms with Gasteiger partial charge in [-0.2, -0.15) is 13.2 Å². The number of ether oxygens (including phenoxy) is 2. The molecule has 1 unspecified atom stereocenters. The molecule has 1 aromatic carbocycles. The molecule has 1 saturated heterocycles. The Balaban J connectivity index is 1.35. The maximum atomic E-state index is 13.3. The van der Waals surface area contributed by atoms with Crippen molar-refractivity contribution in [3.05, 3.63) is 42.5 Å². The molecule has 2 fully saturated rings. The van der Waals surface area contributed by atoms with Gasteiger partial charge in [-0.25, -0.2) is 9.97 Å². The van der Waals surface area contributed by atoms with Gasteiger partial charge in [0.15, 0.2) is 6.10 Å². The summed E-state index contributed by atoms with van der Waals surface area (Å²) < 4.78 is 48.0. The highest BCUT2D eigenvalue weighted by Crippen LogP contribution is 2.41. The van der Waals surface area contributed by atoms with Crippen LogP contribution in [0.5, 0.6) is 11.5 Å². The van der Waals surface area contributed by atoms with Gasteiger partial charge in [0.25, 0.3) is 5.91 Å². The van der Waals surface area contributed by atoms with Crippen molar-refractivity contribution < 1.29 is 32.2 Å². The highest BCUT2D eigenvalue weighted by Gasteiger charge is 2.49. The van der Waals surface area contributed by atoms with Gasteiger partial charge in [0.05, 0.1) is 31.1 Å². The van der Waals surface area contributed by atoms with Crippen molar-refractivity contribution in [2.45, 2.75) is 51.3 Å². The maximum Gasteiger partial charge on any atom is 0.392 e. The first kappa shape index (κ1) is 26.7. The lowest BCUT2D eigenvalue weighted by atomic mass is 9.73. The van der Waals surface area contributed by atoms with Crippen LogP contribution in [0, 0.1) is 11.3 Å². The van der Waals surface area contributed by atoms with Crippen LogP contribution in [-0.4, -0.2) is 66.2 Å². The van der Waals surface area contributed by atoms with E-state index in [0.29, 0.717) is 36.6 Å². The van der Waals surface area contributed by atoms with Crippen molar-refractivity contribution in [1.82, 2.24) is 14.9 Å². The minimum absolute atomic E-state index is 0.00246. The molecule has 11 heteroatoms. The van der Waals surface area contributed by atoms with Gasteiger partial charge in [-0.1, -0.05) is 13.8 Å². The van der Waals surface area contributed by atoms with Gasteiger partial charge >= 0.3 is 6.18 Å². The zero-order valence-corrected chi connectivity index (χ0v) is 21.3. The van der Waals surface area contributed by atoms with Crippen LogP contribution in [-0.2, 0) is 9.59 Å². The number of alkyl halides is 3. The lowest BCUT2D eigenvalue weighted by Gasteiger charge is -2.34. The molecule has 1 aliphatic heterocycles. The Labute approximate surface area is 213 Å². The molecule has 0 bridgehead atoms. The molecule has 2 heterocycles. The smallest absolute Gasteiger partial charge is 0.392 e. The third kappa shape index (κ3) is 6.14. The van der Waals surface area contributed by atoms with Gasteiger partial charge in [-0.3, -0.25) is 9.59 Å². The van der Waals surface area contributed by atoms with Crippen molar-refractivity contribution in [3.8, 4) is 11.5 Å². The Morgan fingerprint density at radius 2 is 1.70 bits per heavy atom. The topological polar surface area (TPSA) is 84.9 Å². The molecule has 1 atom stereocenters. The first-order chi connectivity index (χ1) is 17.3. The minimum Gasteiger partial charge on any atom is -0.493 e. The second-order valence-electron chi connectivity index (χ2n) is 10.5. The van der Waals surface area contributed by atoms with E-state index in [1.54, 1.807) is 48.4 Å². The zero-order valence-electron chi connectivity index (χ0n) is 21.3. The number of aromatic nitrogens is 2. The van der Waals surface area contributed by atoms with Crippen molar-refractivity contribution in [2.75, 3.05) is 32.1 Å². The third-order valence-electron chi connectivity index (χ3n) is 6.76. The fraction of sp³-hybridized carbons (Fsp3) is 0.538. The van der Waals surface area contributed by atoms with E-state index in [4.69, 9.17) is 9.47 Å². The van der Waals surface area contributed by atoms with E-state index < -0.39 is 30.7 Å². The number of carbonyl (C=O) groups is 2. The third-order valence-corrected chi connectivity index (χ3v) is 6.76. The van der Waals surface area contributed by atoms with E-state index in [-0.39, 0.29) is 29.4 Å². The number of rotatable bonds is 8. The number of amides is 2. The van der Waals surface area contributed by atoms with E-state index in [1.165, 1.54) is 12.1 Å². The molecule has 2 amide bonds. The van der Waals surface area contributed by atoms with Gasteiger partial charge in [0.2, 0.25) is 5.91 Å². The summed E-state index contributed by atoms with van der Waals surface area (Å²) in [5.41, 5.74) is 0.0485. The lowest BCUT2D eigenvalue weighted by molar-refractivity contribution is -0.139. The monoisotopic (exact) mass is 520 g/mol. The Kier molecular flexibility index (Phi) is 7.34. The van der Waals surface area contributed by atoms with Crippen LogP contribution in [0.4, 0.5) is 18.9 Å². The molecule has 2 aliphatic rings. The highest BCUT2D eigenvalue weighted by molar-refractivity contribution is 5.99. The molecule has 1 saturated carbocycles. The summed E-state index contributed by atoms with van der Waals surface area (Å²) in [5, 5.41) is 0. The van der Waals surface area contributed by atoms with E-state index >= 15 is 0 Å². The molecule has 1 aromatic heterocycles. The normalized spacial score (nSPS) is 22.9. The van der Waals surface area contributed by atoms with Gasteiger partial charge in [0, 0.05) is 37.9 Å². The summed E-state index contributed by atoms with van der Waals surface area (Å²) in [5.74, 6) is 1.39. The fourth-order valence-corrected chi connectivity index (χ4v) is 4.58. The Hall–Kier alpha value is -3.37. The Bertz CT molecular complexity index is 1110. The highest BCUT2D eigenvalue weighted by atomic mass is 19.4. The number of hydrogen-bond donors (Lipinski definition) is 0. The molecule has 0 spiro atoms. The molecular formula is C26H31F3N4O4. The molecule has 2 aromatic rings. The Morgan fingerprint density at radius 3 is 2.27 bits per heavy atom. The predicted octanol–water partition coefficient (Wildman–Crippen LogP) is 4.21. The summed E-state index contributed by atoms with van der Waals surface area (Å²) >= 11 is 0. The molecule has 0 radical (unpaired) electrons. The van der Waals surface area contributed by atoms with Crippen LogP contribution in [0.15, 0.2) is 36.7 Å². The van der Waals surface area contributed by atoms with Crippen LogP contribution in [0.25, 0.3) is 0 Å². The molecule has 1 aliphatic carbocycles. The first-order valence-corrected chi connectivity index (χ1v) is 12.1. The van der Waals surface area contributed by atoms with Crippen LogP contribution in [0.2, 0.25) is 0 Å². The lowest BCUT2D eigenvalue weighted by Crippen LogP contribution is -2.37. The average molecular weight is 521 g/mol. The SMILES string of the molecule is CN(C)C(=O)C1CC(c2ncc(N3CC(C)(C)C(Oc4ccc(OCCC(F)(F)F)cc4)C3=O)cn2)C1. The number of hydrogen-bond acceptors (Lipinski definition) is 6. The number of benzene rings is 1. The fourth-order valence-electron chi connectivity index (χ4n) is 4.58. The average Bonchev–Trinajstić information content (AvgIpc) is 3.02. The van der Waals surface area contributed by atoms with E-state index in [2.05, 4.69) is 9.97 Å². The van der Waals surface area contributed by atoms with Crippen LogP contribution in [0.1, 0.15) is 44.9 Å². The Morgan fingerprint density at radius 1 is 1.11 bits per heavy atom. The first-order valence-electron chi connectivity index (χ1n) is 12.1. The summed E-state index contributed by atoms with van der Waals surface area (Å²) in [6.45, 7) is 3.79. The van der Waals surface area contributed by atoms with Gasteiger partial charge in [0.1, 0.15) is 17.3 Å². The summed E-state index contributed by atoms with van der Waals surface area (Å²) in [7, 11) is 3.50. The van der Waals surface area contributed by atoms with Crippen molar-refractivity contribution in [2.24, 2.45) is 11.3 Å². The van der Waals surface area contributed by atoms with Crippen LogP contribution < -0.4 is 14.4 Å².